The molecule has 3 atom stereocenters. The first kappa shape index (κ1) is 11.5. The highest BCUT2D eigenvalue weighted by atomic mass is 35.5. The molecule has 1 aromatic carbocycles. The lowest BCUT2D eigenvalue weighted by atomic mass is 9.95. The van der Waals surface area contributed by atoms with E-state index in [2.05, 4.69) is 29.3 Å². The lowest BCUT2D eigenvalue weighted by Crippen LogP contribution is -2.32. The minimum Gasteiger partial charge on any atom is -0.316 e. The topological polar surface area (TPSA) is 15.3 Å². The summed E-state index contributed by atoms with van der Waals surface area (Å²) in [7, 11) is 0. The Morgan fingerprint density at radius 3 is 2.94 bits per heavy atom. The molecule has 1 aromatic rings. The van der Waals surface area contributed by atoms with Gasteiger partial charge in [0.05, 0.1) is 0 Å². The third-order valence-electron chi connectivity index (χ3n) is 4.39. The summed E-state index contributed by atoms with van der Waals surface area (Å²) in [6.07, 6.45) is 0. The molecule has 0 spiro atoms. The number of hydrogen-bond donors (Lipinski definition) is 1. The lowest BCUT2D eigenvalue weighted by molar-refractivity contribution is 0.231. The maximum Gasteiger partial charge on any atom is 0.0451 e. The molecule has 0 aliphatic carbocycles. The summed E-state index contributed by atoms with van der Waals surface area (Å²) in [5.41, 5.74) is 1.26. The van der Waals surface area contributed by atoms with Gasteiger partial charge < -0.3 is 5.32 Å². The molecule has 2 aliphatic rings. The van der Waals surface area contributed by atoms with Crippen LogP contribution in [0.3, 0.4) is 0 Å². The SMILES string of the molecule is CC1C2CNCC2CN1Cc1ccccc1Cl. The van der Waals surface area contributed by atoms with Crippen LogP contribution in [0.2, 0.25) is 5.02 Å². The molecule has 0 radical (unpaired) electrons. The van der Waals surface area contributed by atoms with Crippen LogP contribution in [0, 0.1) is 11.8 Å². The third kappa shape index (κ3) is 2.10. The smallest absolute Gasteiger partial charge is 0.0451 e. The summed E-state index contributed by atoms with van der Waals surface area (Å²) in [6, 6.07) is 8.87. The molecular weight excluding hydrogens is 232 g/mol. The second-order valence-electron chi connectivity index (χ2n) is 5.34. The van der Waals surface area contributed by atoms with Gasteiger partial charge in [0.25, 0.3) is 0 Å². The van der Waals surface area contributed by atoms with Crippen LogP contribution in [0.15, 0.2) is 24.3 Å². The van der Waals surface area contributed by atoms with Gasteiger partial charge in [-0.05, 0) is 43.5 Å². The van der Waals surface area contributed by atoms with Crippen molar-refractivity contribution in [3.8, 4) is 0 Å². The summed E-state index contributed by atoms with van der Waals surface area (Å²) >= 11 is 6.23. The van der Waals surface area contributed by atoms with Crippen molar-refractivity contribution in [1.29, 1.82) is 0 Å². The summed E-state index contributed by atoms with van der Waals surface area (Å²) in [5, 5.41) is 4.40. The van der Waals surface area contributed by atoms with E-state index in [0.717, 1.165) is 23.4 Å². The summed E-state index contributed by atoms with van der Waals surface area (Å²) in [6.45, 7) is 6.94. The fourth-order valence-electron chi connectivity index (χ4n) is 3.31. The molecule has 2 heterocycles. The van der Waals surface area contributed by atoms with E-state index in [1.807, 2.05) is 12.1 Å². The van der Waals surface area contributed by atoms with Gasteiger partial charge in [-0.25, -0.2) is 0 Å². The van der Waals surface area contributed by atoms with Gasteiger partial charge in [0.2, 0.25) is 0 Å². The van der Waals surface area contributed by atoms with Gasteiger partial charge in [0.1, 0.15) is 0 Å². The van der Waals surface area contributed by atoms with E-state index in [-0.39, 0.29) is 0 Å². The van der Waals surface area contributed by atoms with Crippen LogP contribution in [0.5, 0.6) is 0 Å². The van der Waals surface area contributed by atoms with E-state index in [1.54, 1.807) is 0 Å². The quantitative estimate of drug-likeness (QED) is 0.867. The zero-order valence-electron chi connectivity index (χ0n) is 10.2. The molecule has 2 aliphatic heterocycles. The number of hydrogen-bond acceptors (Lipinski definition) is 2. The number of fused-ring (bicyclic) bond motifs is 1. The Morgan fingerprint density at radius 1 is 1.35 bits per heavy atom. The fraction of sp³-hybridized carbons (Fsp3) is 0.571. The highest BCUT2D eigenvalue weighted by Gasteiger charge is 2.41. The molecule has 0 saturated carbocycles. The molecule has 0 bridgehead atoms. The zero-order valence-corrected chi connectivity index (χ0v) is 11.0. The van der Waals surface area contributed by atoms with E-state index in [9.17, 15) is 0 Å². The first-order valence-electron chi connectivity index (χ1n) is 6.44. The predicted molar refractivity (Wildman–Crippen MR) is 71.2 cm³/mol. The Labute approximate surface area is 108 Å². The normalized spacial score (nSPS) is 32.9. The fourth-order valence-corrected chi connectivity index (χ4v) is 3.51. The molecule has 0 aromatic heterocycles. The van der Waals surface area contributed by atoms with Crippen LogP contribution < -0.4 is 5.32 Å². The molecule has 2 saturated heterocycles. The van der Waals surface area contributed by atoms with E-state index in [0.29, 0.717) is 6.04 Å². The van der Waals surface area contributed by atoms with Gasteiger partial charge in [-0.15, -0.1) is 0 Å². The largest absolute Gasteiger partial charge is 0.316 e. The first-order valence-corrected chi connectivity index (χ1v) is 6.81. The number of nitrogens with zero attached hydrogens (tertiary/aromatic N) is 1. The maximum atomic E-state index is 6.23. The van der Waals surface area contributed by atoms with Crippen molar-refractivity contribution in [2.75, 3.05) is 19.6 Å². The first-order chi connectivity index (χ1) is 8.25. The van der Waals surface area contributed by atoms with Crippen LogP contribution >= 0.6 is 11.6 Å². The maximum absolute atomic E-state index is 6.23. The standard InChI is InChI=1S/C14H19ClN2/c1-10-13-7-16-6-12(13)9-17(10)8-11-4-2-3-5-14(11)15/h2-5,10,12-13,16H,6-9H2,1H3. The number of benzene rings is 1. The van der Waals surface area contributed by atoms with Crippen molar-refractivity contribution in [3.05, 3.63) is 34.9 Å². The van der Waals surface area contributed by atoms with Gasteiger partial charge in [0, 0.05) is 24.2 Å². The highest BCUT2D eigenvalue weighted by molar-refractivity contribution is 6.31. The number of halogens is 1. The molecule has 3 unspecified atom stereocenters. The molecule has 2 nitrogen and oxygen atoms in total. The Balaban J connectivity index is 1.73. The molecular formula is C14H19ClN2. The second-order valence-corrected chi connectivity index (χ2v) is 5.75. The minimum absolute atomic E-state index is 0.672. The number of likely N-dealkylation sites (tertiary alicyclic amines) is 1. The van der Waals surface area contributed by atoms with E-state index in [4.69, 9.17) is 11.6 Å². The van der Waals surface area contributed by atoms with Crippen LogP contribution in [-0.4, -0.2) is 30.6 Å². The van der Waals surface area contributed by atoms with Crippen molar-refractivity contribution >= 4 is 11.6 Å². The average molecular weight is 251 g/mol. The van der Waals surface area contributed by atoms with Crippen LogP contribution in [0.1, 0.15) is 12.5 Å². The van der Waals surface area contributed by atoms with Gasteiger partial charge in [-0.2, -0.15) is 0 Å². The minimum atomic E-state index is 0.672. The van der Waals surface area contributed by atoms with E-state index in [1.165, 1.54) is 25.2 Å². The summed E-state index contributed by atoms with van der Waals surface area (Å²) in [5.74, 6) is 1.67. The molecule has 0 amide bonds. The lowest BCUT2D eigenvalue weighted by Gasteiger charge is -2.24. The van der Waals surface area contributed by atoms with Crippen molar-refractivity contribution < 1.29 is 0 Å². The number of rotatable bonds is 2. The number of nitrogens with one attached hydrogen (secondary N) is 1. The second kappa shape index (κ2) is 4.60. The van der Waals surface area contributed by atoms with Gasteiger partial charge in [0.15, 0.2) is 0 Å². The summed E-state index contributed by atoms with van der Waals surface area (Å²) in [4.78, 5) is 2.58. The van der Waals surface area contributed by atoms with Crippen molar-refractivity contribution in [3.63, 3.8) is 0 Å². The van der Waals surface area contributed by atoms with E-state index >= 15 is 0 Å². The Morgan fingerprint density at radius 2 is 2.18 bits per heavy atom. The van der Waals surface area contributed by atoms with Gasteiger partial charge in [-0.1, -0.05) is 29.8 Å². The van der Waals surface area contributed by atoms with Gasteiger partial charge >= 0.3 is 0 Å². The summed E-state index contributed by atoms with van der Waals surface area (Å²) < 4.78 is 0. The monoisotopic (exact) mass is 250 g/mol. The molecule has 3 rings (SSSR count). The highest BCUT2D eigenvalue weighted by Crippen LogP contribution is 2.33. The van der Waals surface area contributed by atoms with Crippen molar-refractivity contribution in [2.24, 2.45) is 11.8 Å². The third-order valence-corrected chi connectivity index (χ3v) is 4.76. The molecule has 3 heteroatoms. The van der Waals surface area contributed by atoms with E-state index < -0.39 is 0 Å². The van der Waals surface area contributed by atoms with Gasteiger partial charge in [-0.3, -0.25) is 4.90 Å². The average Bonchev–Trinajstić information content (AvgIpc) is 2.87. The Kier molecular flexibility index (Phi) is 3.12. The van der Waals surface area contributed by atoms with Crippen LogP contribution in [0.25, 0.3) is 0 Å². The Bertz CT molecular complexity index is 407. The van der Waals surface area contributed by atoms with Crippen molar-refractivity contribution in [2.45, 2.75) is 19.5 Å². The Hall–Kier alpha value is -0.570. The molecule has 2 fully saturated rings. The molecule has 92 valence electrons. The molecule has 17 heavy (non-hydrogen) atoms. The molecule has 1 N–H and O–H groups in total. The van der Waals surface area contributed by atoms with Crippen LogP contribution in [-0.2, 0) is 6.54 Å². The zero-order chi connectivity index (χ0) is 11.8. The van der Waals surface area contributed by atoms with Crippen molar-refractivity contribution in [1.82, 2.24) is 10.2 Å². The predicted octanol–water partition coefficient (Wildman–Crippen LogP) is 2.38. The van der Waals surface area contributed by atoms with Crippen LogP contribution in [0.4, 0.5) is 0 Å².